The molecule has 1 aromatic rings. The lowest BCUT2D eigenvalue weighted by Crippen LogP contribution is -2.60. The highest BCUT2D eigenvalue weighted by atomic mass is 16.5. The summed E-state index contributed by atoms with van der Waals surface area (Å²) in [5.74, 6) is 0.359. The summed E-state index contributed by atoms with van der Waals surface area (Å²) in [6.45, 7) is 7.81. The Balaban J connectivity index is 1.58. The Morgan fingerprint density at radius 1 is 1.16 bits per heavy atom. The highest BCUT2D eigenvalue weighted by Gasteiger charge is 2.54. The molecule has 0 unspecified atom stereocenters. The highest BCUT2D eigenvalue weighted by molar-refractivity contribution is 5.99. The predicted molar refractivity (Wildman–Crippen MR) is 116 cm³/mol. The molecule has 4 rings (SSSR count). The monoisotopic (exact) mass is 427 g/mol. The summed E-state index contributed by atoms with van der Waals surface area (Å²) in [5.41, 5.74) is 0.613. The molecule has 2 heterocycles. The third kappa shape index (κ3) is 4.33. The number of nitrogens with zero attached hydrogens (tertiary/aromatic N) is 2. The predicted octanol–water partition coefficient (Wildman–Crippen LogP) is 2.34. The van der Waals surface area contributed by atoms with Crippen LogP contribution in [0, 0.1) is 18.8 Å². The molecule has 3 fully saturated rings. The van der Waals surface area contributed by atoms with Crippen LogP contribution in [-0.4, -0.2) is 65.5 Å². The first-order valence-electron chi connectivity index (χ1n) is 11.4. The van der Waals surface area contributed by atoms with E-state index in [0.29, 0.717) is 44.0 Å². The number of carbonyl (C=O) groups excluding carboxylic acids is 3. The fraction of sp³-hybridized carbons (Fsp3) is 0.625. The number of rotatable bonds is 5. The van der Waals surface area contributed by atoms with Crippen molar-refractivity contribution in [3.63, 3.8) is 0 Å². The zero-order valence-electron chi connectivity index (χ0n) is 18.7. The van der Waals surface area contributed by atoms with Crippen LogP contribution in [0.3, 0.4) is 0 Å². The van der Waals surface area contributed by atoms with Gasteiger partial charge < -0.3 is 15.0 Å². The summed E-state index contributed by atoms with van der Waals surface area (Å²) < 4.78 is 6.23. The number of carbonyl (C=O) groups is 3. The van der Waals surface area contributed by atoms with Crippen LogP contribution < -0.4 is 5.32 Å². The van der Waals surface area contributed by atoms with Crippen molar-refractivity contribution >= 4 is 17.7 Å². The summed E-state index contributed by atoms with van der Waals surface area (Å²) >= 11 is 0. The lowest BCUT2D eigenvalue weighted by Gasteiger charge is -2.44. The maximum absolute atomic E-state index is 13.7. The van der Waals surface area contributed by atoms with Crippen molar-refractivity contribution in [3.05, 3.63) is 35.4 Å². The van der Waals surface area contributed by atoms with Crippen LogP contribution in [0.15, 0.2) is 24.3 Å². The third-order valence-electron chi connectivity index (χ3n) is 6.63. The van der Waals surface area contributed by atoms with Crippen molar-refractivity contribution in [2.45, 2.75) is 58.2 Å². The van der Waals surface area contributed by atoms with E-state index in [1.54, 1.807) is 11.0 Å². The maximum Gasteiger partial charge on any atom is 0.257 e. The van der Waals surface area contributed by atoms with Crippen molar-refractivity contribution in [1.82, 2.24) is 15.1 Å². The smallest absolute Gasteiger partial charge is 0.257 e. The Bertz CT molecular complexity index is 856. The Kier molecular flexibility index (Phi) is 6.06. The van der Waals surface area contributed by atoms with E-state index >= 15 is 0 Å². The molecule has 0 radical (unpaired) electrons. The molecule has 2 aliphatic heterocycles. The summed E-state index contributed by atoms with van der Waals surface area (Å²) in [4.78, 5) is 42.8. The molecule has 7 heteroatoms. The number of nitrogens with one attached hydrogen (secondary N) is 1. The van der Waals surface area contributed by atoms with Gasteiger partial charge in [-0.05, 0) is 37.3 Å². The average molecular weight is 428 g/mol. The molecule has 7 nitrogen and oxygen atoms in total. The van der Waals surface area contributed by atoms with Crippen molar-refractivity contribution < 1.29 is 19.1 Å². The van der Waals surface area contributed by atoms with Gasteiger partial charge in [0.05, 0.1) is 6.61 Å². The molecule has 0 aromatic heterocycles. The van der Waals surface area contributed by atoms with Gasteiger partial charge in [-0.2, -0.15) is 0 Å². The first kappa shape index (κ1) is 21.8. The van der Waals surface area contributed by atoms with Gasteiger partial charge in [-0.25, -0.2) is 0 Å². The van der Waals surface area contributed by atoms with E-state index in [1.807, 2.05) is 43.9 Å². The van der Waals surface area contributed by atoms with Crippen molar-refractivity contribution in [1.29, 1.82) is 0 Å². The van der Waals surface area contributed by atoms with Gasteiger partial charge in [0.1, 0.15) is 11.8 Å². The molecule has 0 bridgehead atoms. The molecular weight excluding hydrogens is 394 g/mol. The second-order valence-electron chi connectivity index (χ2n) is 9.50. The summed E-state index contributed by atoms with van der Waals surface area (Å²) in [6.07, 6.45) is 3.01. The maximum atomic E-state index is 13.7. The molecule has 3 aliphatic rings. The Morgan fingerprint density at radius 2 is 1.84 bits per heavy atom. The van der Waals surface area contributed by atoms with Crippen LogP contribution >= 0.6 is 0 Å². The lowest BCUT2D eigenvalue weighted by molar-refractivity contribution is -0.144. The first-order valence-corrected chi connectivity index (χ1v) is 11.4. The van der Waals surface area contributed by atoms with Crippen LogP contribution in [0.25, 0.3) is 0 Å². The second-order valence-corrected chi connectivity index (χ2v) is 9.50. The van der Waals surface area contributed by atoms with E-state index < -0.39 is 11.8 Å². The molecule has 2 saturated heterocycles. The third-order valence-corrected chi connectivity index (χ3v) is 6.63. The molecule has 168 valence electrons. The second kappa shape index (κ2) is 8.61. The van der Waals surface area contributed by atoms with Gasteiger partial charge in [-0.1, -0.05) is 32.0 Å². The number of likely N-dealkylation sites (tertiary alicyclic amines) is 1. The quantitative estimate of drug-likeness (QED) is 0.782. The first-order chi connectivity index (χ1) is 14.8. The number of piperidine rings is 1. The number of ether oxygens (including phenoxy) is 1. The van der Waals surface area contributed by atoms with Gasteiger partial charge in [-0.3, -0.25) is 19.3 Å². The van der Waals surface area contributed by atoms with Crippen LogP contribution in [0.4, 0.5) is 0 Å². The SMILES string of the molecule is Cc1ccccc1C(=O)N1[C@H](C(=O)NCC(C)C)COC12CCN(C(=O)C1CC1)CC2. The minimum atomic E-state index is -0.848. The molecule has 1 aliphatic carbocycles. The molecule has 1 atom stereocenters. The van der Waals surface area contributed by atoms with Gasteiger partial charge in [0, 0.05) is 44.0 Å². The number of amides is 3. The minimum Gasteiger partial charge on any atom is -0.354 e. The molecule has 1 saturated carbocycles. The molecule has 1 spiro atoms. The van der Waals surface area contributed by atoms with Crippen molar-refractivity contribution in [2.75, 3.05) is 26.2 Å². The minimum absolute atomic E-state index is 0.177. The van der Waals surface area contributed by atoms with E-state index in [0.717, 1.165) is 18.4 Å². The van der Waals surface area contributed by atoms with Crippen LogP contribution in [0.1, 0.15) is 55.5 Å². The molecular formula is C24H33N3O4. The average Bonchev–Trinajstić information content (AvgIpc) is 3.54. The summed E-state index contributed by atoms with van der Waals surface area (Å²) in [7, 11) is 0. The molecule has 1 N–H and O–H groups in total. The van der Waals surface area contributed by atoms with E-state index in [1.165, 1.54) is 0 Å². The summed E-state index contributed by atoms with van der Waals surface area (Å²) in [5, 5.41) is 2.97. The van der Waals surface area contributed by atoms with Gasteiger partial charge in [0.2, 0.25) is 11.8 Å². The zero-order chi connectivity index (χ0) is 22.2. The van der Waals surface area contributed by atoms with Gasteiger partial charge >= 0.3 is 0 Å². The van der Waals surface area contributed by atoms with Crippen LogP contribution in [0.2, 0.25) is 0 Å². The Morgan fingerprint density at radius 3 is 2.45 bits per heavy atom. The Labute approximate surface area is 184 Å². The lowest BCUT2D eigenvalue weighted by atomic mass is 9.95. The van der Waals surface area contributed by atoms with Crippen molar-refractivity contribution in [2.24, 2.45) is 11.8 Å². The van der Waals surface area contributed by atoms with Gasteiger partial charge in [0.15, 0.2) is 0 Å². The number of hydrogen-bond donors (Lipinski definition) is 1. The van der Waals surface area contributed by atoms with Gasteiger partial charge in [0.25, 0.3) is 5.91 Å². The molecule has 31 heavy (non-hydrogen) atoms. The summed E-state index contributed by atoms with van der Waals surface area (Å²) in [6, 6.07) is 6.78. The van der Waals surface area contributed by atoms with Crippen LogP contribution in [-0.2, 0) is 14.3 Å². The topological polar surface area (TPSA) is 79.0 Å². The number of benzene rings is 1. The normalized spacial score (nSPS) is 22.8. The van der Waals surface area contributed by atoms with Crippen LogP contribution in [0.5, 0.6) is 0 Å². The Hall–Kier alpha value is -2.41. The number of aryl methyl sites for hydroxylation is 1. The highest BCUT2D eigenvalue weighted by Crippen LogP contribution is 2.40. The van der Waals surface area contributed by atoms with E-state index in [9.17, 15) is 14.4 Å². The van der Waals surface area contributed by atoms with E-state index in [2.05, 4.69) is 5.32 Å². The molecule has 1 aromatic carbocycles. The van der Waals surface area contributed by atoms with E-state index in [4.69, 9.17) is 4.74 Å². The zero-order valence-corrected chi connectivity index (χ0v) is 18.7. The van der Waals surface area contributed by atoms with Crippen molar-refractivity contribution in [3.8, 4) is 0 Å². The van der Waals surface area contributed by atoms with E-state index in [-0.39, 0.29) is 30.2 Å². The fourth-order valence-corrected chi connectivity index (χ4v) is 4.60. The number of hydrogen-bond acceptors (Lipinski definition) is 4. The largest absolute Gasteiger partial charge is 0.354 e. The molecule has 3 amide bonds. The fourth-order valence-electron chi connectivity index (χ4n) is 4.60. The van der Waals surface area contributed by atoms with Gasteiger partial charge in [-0.15, -0.1) is 0 Å². The standard InChI is InChI=1S/C24H33N3O4/c1-16(2)14-25-21(28)20-15-31-24(10-12-26(13-11-24)22(29)18-8-9-18)27(20)23(30)19-7-5-4-6-17(19)3/h4-7,16,18,20H,8-15H2,1-3H3,(H,25,28)/t20-/m0/s1.